The van der Waals surface area contributed by atoms with Gasteiger partial charge in [-0.1, -0.05) is 0 Å². The van der Waals surface area contributed by atoms with Crippen LogP contribution in [0.1, 0.15) is 26.3 Å². The number of nitrogens with zero attached hydrogens (tertiary/aromatic N) is 5. The molecule has 0 aliphatic carbocycles. The van der Waals surface area contributed by atoms with Crippen LogP contribution in [0.5, 0.6) is 0 Å². The van der Waals surface area contributed by atoms with Crippen LogP contribution in [-0.2, 0) is 4.79 Å². The van der Waals surface area contributed by atoms with E-state index in [2.05, 4.69) is 20.4 Å². The molecule has 0 aliphatic rings. The van der Waals surface area contributed by atoms with E-state index in [1.165, 1.54) is 19.1 Å². The fourth-order valence-electron chi connectivity index (χ4n) is 2.61. The molecule has 2 aromatic carbocycles. The standard InChI is InChI=1S/C19H20N6O3/c1-4-24(5-2)15-6-9-18(19(11-15)21-13(3)26)23-22-17-8-7-16(25(27)28)10-14(17)12-20/h6-11H,4-5H2,1-3H3,(H,21,26). The number of nitrogens with one attached hydrogen (secondary N) is 1. The van der Waals surface area contributed by atoms with Crippen LogP contribution in [0.25, 0.3) is 0 Å². The molecule has 0 saturated carbocycles. The highest BCUT2D eigenvalue weighted by atomic mass is 16.6. The molecule has 9 nitrogen and oxygen atoms in total. The number of carbonyl (C=O) groups is 1. The van der Waals surface area contributed by atoms with Crippen LogP contribution in [0.3, 0.4) is 0 Å². The Morgan fingerprint density at radius 2 is 1.82 bits per heavy atom. The molecule has 28 heavy (non-hydrogen) atoms. The van der Waals surface area contributed by atoms with E-state index in [9.17, 15) is 20.2 Å². The molecule has 1 amide bonds. The molecule has 0 radical (unpaired) electrons. The second-order valence-corrected chi connectivity index (χ2v) is 5.83. The molecular formula is C19H20N6O3. The summed E-state index contributed by atoms with van der Waals surface area (Å²) in [5.41, 5.74) is 1.88. The third-order valence-electron chi connectivity index (χ3n) is 4.00. The van der Waals surface area contributed by atoms with E-state index in [1.807, 2.05) is 32.0 Å². The summed E-state index contributed by atoms with van der Waals surface area (Å²) in [5.74, 6) is -0.249. The zero-order chi connectivity index (χ0) is 20.7. The molecule has 0 saturated heterocycles. The van der Waals surface area contributed by atoms with Crippen LogP contribution >= 0.6 is 0 Å². The fraction of sp³-hybridized carbons (Fsp3) is 0.263. The largest absolute Gasteiger partial charge is 0.372 e. The lowest BCUT2D eigenvalue weighted by Crippen LogP contribution is -2.21. The highest BCUT2D eigenvalue weighted by molar-refractivity contribution is 5.93. The minimum Gasteiger partial charge on any atom is -0.372 e. The van der Waals surface area contributed by atoms with Gasteiger partial charge in [0.15, 0.2) is 0 Å². The van der Waals surface area contributed by atoms with Gasteiger partial charge in [0.25, 0.3) is 5.69 Å². The van der Waals surface area contributed by atoms with Crippen molar-refractivity contribution in [2.75, 3.05) is 23.3 Å². The van der Waals surface area contributed by atoms with E-state index >= 15 is 0 Å². The van der Waals surface area contributed by atoms with Gasteiger partial charge in [0.2, 0.25) is 5.91 Å². The number of non-ortho nitro benzene ring substituents is 1. The van der Waals surface area contributed by atoms with Crippen LogP contribution in [0, 0.1) is 21.4 Å². The third-order valence-corrected chi connectivity index (χ3v) is 4.00. The molecule has 0 aromatic heterocycles. The van der Waals surface area contributed by atoms with Crippen molar-refractivity contribution in [3.05, 3.63) is 52.1 Å². The number of benzene rings is 2. The van der Waals surface area contributed by atoms with Crippen LogP contribution in [-0.4, -0.2) is 23.9 Å². The minimum atomic E-state index is -0.581. The maximum absolute atomic E-state index is 11.6. The second kappa shape index (κ2) is 9.23. The number of nitro benzene ring substituents is 1. The second-order valence-electron chi connectivity index (χ2n) is 5.83. The van der Waals surface area contributed by atoms with Gasteiger partial charge in [0.1, 0.15) is 17.4 Å². The van der Waals surface area contributed by atoms with Gasteiger partial charge in [-0.2, -0.15) is 5.26 Å². The van der Waals surface area contributed by atoms with Gasteiger partial charge in [-0.3, -0.25) is 14.9 Å². The highest BCUT2D eigenvalue weighted by Crippen LogP contribution is 2.32. The predicted octanol–water partition coefficient (Wildman–Crippen LogP) is 4.69. The van der Waals surface area contributed by atoms with Gasteiger partial charge in [-0.15, -0.1) is 10.2 Å². The van der Waals surface area contributed by atoms with Crippen molar-refractivity contribution >= 4 is 34.3 Å². The molecule has 0 heterocycles. The van der Waals surface area contributed by atoms with E-state index in [1.54, 1.807) is 6.07 Å². The number of nitro groups is 1. The summed E-state index contributed by atoms with van der Waals surface area (Å²) in [6.07, 6.45) is 0. The van der Waals surface area contributed by atoms with Crippen molar-refractivity contribution in [2.24, 2.45) is 10.2 Å². The first-order valence-corrected chi connectivity index (χ1v) is 8.66. The summed E-state index contributed by atoms with van der Waals surface area (Å²) in [6.45, 7) is 7.09. The van der Waals surface area contributed by atoms with E-state index in [0.717, 1.165) is 24.8 Å². The minimum absolute atomic E-state index is 0.0405. The quantitative estimate of drug-likeness (QED) is 0.424. The smallest absolute Gasteiger partial charge is 0.270 e. The van der Waals surface area contributed by atoms with Crippen molar-refractivity contribution in [3.63, 3.8) is 0 Å². The Hall–Kier alpha value is -3.80. The molecule has 144 valence electrons. The van der Waals surface area contributed by atoms with Crippen molar-refractivity contribution in [3.8, 4) is 6.07 Å². The monoisotopic (exact) mass is 380 g/mol. The first-order chi connectivity index (χ1) is 13.4. The van der Waals surface area contributed by atoms with Gasteiger partial charge in [0, 0.05) is 37.8 Å². The van der Waals surface area contributed by atoms with E-state index in [-0.39, 0.29) is 22.8 Å². The van der Waals surface area contributed by atoms with E-state index in [4.69, 9.17) is 0 Å². The Balaban J connectivity index is 2.43. The molecule has 0 unspecified atom stereocenters. The average molecular weight is 380 g/mol. The SMILES string of the molecule is CCN(CC)c1ccc(N=Nc2ccc([N+](=O)[O-])cc2C#N)c(NC(C)=O)c1. The molecule has 0 spiro atoms. The van der Waals surface area contributed by atoms with Crippen LogP contribution < -0.4 is 10.2 Å². The molecular weight excluding hydrogens is 360 g/mol. The average Bonchev–Trinajstić information content (AvgIpc) is 2.67. The zero-order valence-corrected chi connectivity index (χ0v) is 15.8. The van der Waals surface area contributed by atoms with Gasteiger partial charge < -0.3 is 10.2 Å². The summed E-state index contributed by atoms with van der Waals surface area (Å²) in [7, 11) is 0. The summed E-state index contributed by atoms with van der Waals surface area (Å²) in [5, 5.41) is 31.0. The Labute approximate surface area is 162 Å². The zero-order valence-electron chi connectivity index (χ0n) is 15.8. The molecule has 0 aliphatic heterocycles. The van der Waals surface area contributed by atoms with E-state index in [0.29, 0.717) is 11.4 Å². The van der Waals surface area contributed by atoms with Crippen molar-refractivity contribution in [1.29, 1.82) is 5.26 Å². The predicted molar refractivity (Wildman–Crippen MR) is 106 cm³/mol. The lowest BCUT2D eigenvalue weighted by atomic mass is 10.2. The highest BCUT2D eigenvalue weighted by Gasteiger charge is 2.12. The molecule has 2 aromatic rings. The van der Waals surface area contributed by atoms with Crippen molar-refractivity contribution in [1.82, 2.24) is 0 Å². The number of carbonyl (C=O) groups excluding carboxylic acids is 1. The number of hydrogen-bond acceptors (Lipinski definition) is 7. The summed E-state index contributed by atoms with van der Waals surface area (Å²) in [4.78, 5) is 23.9. The Morgan fingerprint density at radius 3 is 2.39 bits per heavy atom. The molecule has 0 atom stereocenters. The van der Waals surface area contributed by atoms with Gasteiger partial charge >= 0.3 is 0 Å². The molecule has 2 rings (SSSR count). The number of anilines is 2. The van der Waals surface area contributed by atoms with Gasteiger partial charge in [0.05, 0.1) is 16.2 Å². The fourth-order valence-corrected chi connectivity index (χ4v) is 2.61. The Bertz CT molecular complexity index is 961. The van der Waals surface area contributed by atoms with Crippen LogP contribution in [0.4, 0.5) is 28.4 Å². The summed E-state index contributed by atoms with van der Waals surface area (Å²) < 4.78 is 0. The normalized spacial score (nSPS) is 10.5. The first kappa shape index (κ1) is 20.5. The molecule has 1 N–H and O–H groups in total. The molecule has 0 fully saturated rings. The van der Waals surface area contributed by atoms with Gasteiger partial charge in [-0.25, -0.2) is 0 Å². The number of hydrogen-bond donors (Lipinski definition) is 1. The van der Waals surface area contributed by atoms with Crippen molar-refractivity contribution in [2.45, 2.75) is 20.8 Å². The number of nitriles is 1. The van der Waals surface area contributed by atoms with Gasteiger partial charge in [-0.05, 0) is 38.1 Å². The lowest BCUT2D eigenvalue weighted by Gasteiger charge is -2.22. The van der Waals surface area contributed by atoms with Crippen LogP contribution in [0.2, 0.25) is 0 Å². The lowest BCUT2D eigenvalue weighted by molar-refractivity contribution is -0.384. The third kappa shape index (κ3) is 4.88. The Morgan fingerprint density at radius 1 is 1.18 bits per heavy atom. The molecule has 0 bridgehead atoms. The number of amides is 1. The van der Waals surface area contributed by atoms with Crippen LogP contribution in [0.15, 0.2) is 46.6 Å². The molecule has 9 heteroatoms. The first-order valence-electron chi connectivity index (χ1n) is 8.66. The summed E-state index contributed by atoms with van der Waals surface area (Å²) in [6, 6.07) is 11.0. The summed E-state index contributed by atoms with van der Waals surface area (Å²) >= 11 is 0. The topological polar surface area (TPSA) is 124 Å². The number of azo groups is 1. The van der Waals surface area contributed by atoms with E-state index < -0.39 is 4.92 Å². The number of rotatable bonds is 7. The maximum atomic E-state index is 11.6. The Kier molecular flexibility index (Phi) is 6.76. The van der Waals surface area contributed by atoms with Crippen molar-refractivity contribution < 1.29 is 9.72 Å². The maximum Gasteiger partial charge on any atom is 0.270 e.